The van der Waals surface area contributed by atoms with Crippen molar-refractivity contribution >= 4 is 11.6 Å². The van der Waals surface area contributed by atoms with Crippen LogP contribution in [0.2, 0.25) is 0 Å². The Balaban J connectivity index is 2.16. The Morgan fingerprint density at radius 3 is 2.62 bits per heavy atom. The highest BCUT2D eigenvalue weighted by atomic mass is 16.6. The van der Waals surface area contributed by atoms with Crippen LogP contribution in [0.15, 0.2) is 24.3 Å². The van der Waals surface area contributed by atoms with Crippen molar-refractivity contribution in [2.24, 2.45) is 5.73 Å². The maximum atomic E-state index is 12.6. The van der Waals surface area contributed by atoms with Gasteiger partial charge >= 0.3 is 0 Å². The smallest absolute Gasteiger partial charge is 0.270 e. The number of benzene rings is 1. The first kappa shape index (κ1) is 15.4. The first-order valence-corrected chi connectivity index (χ1v) is 7.34. The van der Waals surface area contributed by atoms with Crippen molar-refractivity contribution in [3.63, 3.8) is 0 Å². The Hall–Kier alpha value is -1.95. The molecule has 0 heterocycles. The zero-order valence-electron chi connectivity index (χ0n) is 12.2. The lowest BCUT2D eigenvalue weighted by Gasteiger charge is -2.35. The second kappa shape index (κ2) is 6.67. The third-order valence-electron chi connectivity index (χ3n) is 4.09. The van der Waals surface area contributed by atoms with Gasteiger partial charge in [0.25, 0.3) is 11.6 Å². The van der Waals surface area contributed by atoms with E-state index in [0.29, 0.717) is 12.1 Å². The van der Waals surface area contributed by atoms with Crippen LogP contribution in [-0.4, -0.2) is 34.4 Å². The van der Waals surface area contributed by atoms with Crippen molar-refractivity contribution in [2.45, 2.75) is 44.7 Å². The molecule has 0 saturated heterocycles. The third kappa shape index (κ3) is 3.58. The van der Waals surface area contributed by atoms with Crippen LogP contribution in [0, 0.1) is 10.1 Å². The Bertz CT molecular complexity index is 525. The summed E-state index contributed by atoms with van der Waals surface area (Å²) in [6, 6.07) is 6.34. The summed E-state index contributed by atoms with van der Waals surface area (Å²) in [4.78, 5) is 24.8. The summed E-state index contributed by atoms with van der Waals surface area (Å²) >= 11 is 0. The van der Waals surface area contributed by atoms with Gasteiger partial charge in [-0.3, -0.25) is 14.9 Å². The fourth-order valence-corrected chi connectivity index (χ4v) is 2.90. The van der Waals surface area contributed by atoms with E-state index in [2.05, 4.69) is 0 Å². The Labute approximate surface area is 124 Å². The topological polar surface area (TPSA) is 89.5 Å². The van der Waals surface area contributed by atoms with Crippen LogP contribution in [0.5, 0.6) is 0 Å². The molecule has 0 aromatic heterocycles. The minimum atomic E-state index is -0.479. The molecule has 1 aromatic rings. The van der Waals surface area contributed by atoms with Crippen LogP contribution in [0.3, 0.4) is 0 Å². The van der Waals surface area contributed by atoms with Crippen LogP contribution in [0.25, 0.3) is 0 Å². The van der Waals surface area contributed by atoms with E-state index in [1.54, 1.807) is 12.1 Å². The Morgan fingerprint density at radius 2 is 2.05 bits per heavy atom. The number of nitro groups is 1. The first-order valence-electron chi connectivity index (χ1n) is 7.34. The fraction of sp³-hybridized carbons (Fsp3) is 0.533. The maximum Gasteiger partial charge on any atom is 0.270 e. The summed E-state index contributed by atoms with van der Waals surface area (Å²) in [6.45, 7) is 2.53. The monoisotopic (exact) mass is 291 g/mol. The van der Waals surface area contributed by atoms with Gasteiger partial charge in [0.05, 0.1) is 4.92 Å². The standard InChI is InChI=1S/C15H21N3O3/c1-2-17(13-8-6-12(16)7-9-13)15(19)11-4-3-5-14(10-11)18(20)21/h3-5,10,12-13H,2,6-9,16H2,1H3. The molecule has 0 aliphatic heterocycles. The maximum absolute atomic E-state index is 12.6. The van der Waals surface area contributed by atoms with E-state index in [4.69, 9.17) is 5.73 Å². The molecule has 21 heavy (non-hydrogen) atoms. The van der Waals surface area contributed by atoms with Gasteiger partial charge in [-0.05, 0) is 38.7 Å². The molecule has 1 aliphatic carbocycles. The molecule has 6 heteroatoms. The van der Waals surface area contributed by atoms with Crippen LogP contribution in [-0.2, 0) is 0 Å². The van der Waals surface area contributed by atoms with Crippen molar-refractivity contribution in [2.75, 3.05) is 6.54 Å². The number of non-ortho nitro benzene ring substituents is 1. The van der Waals surface area contributed by atoms with E-state index in [-0.39, 0.29) is 23.7 Å². The predicted molar refractivity (Wildman–Crippen MR) is 80.0 cm³/mol. The average Bonchev–Trinajstić information content (AvgIpc) is 2.50. The number of nitrogens with two attached hydrogens (primary N) is 1. The van der Waals surface area contributed by atoms with Crippen LogP contribution in [0.1, 0.15) is 43.0 Å². The van der Waals surface area contributed by atoms with Gasteiger partial charge in [0.2, 0.25) is 0 Å². The molecule has 1 aromatic carbocycles. The molecule has 1 aliphatic rings. The van der Waals surface area contributed by atoms with Gasteiger partial charge in [-0.25, -0.2) is 0 Å². The highest BCUT2D eigenvalue weighted by Gasteiger charge is 2.27. The summed E-state index contributed by atoms with van der Waals surface area (Å²) in [5.41, 5.74) is 6.22. The first-order chi connectivity index (χ1) is 10.0. The number of carbonyl (C=O) groups excluding carboxylic acids is 1. The molecular formula is C15H21N3O3. The summed E-state index contributed by atoms with van der Waals surface area (Å²) in [7, 11) is 0. The lowest BCUT2D eigenvalue weighted by Crippen LogP contribution is -2.44. The summed E-state index contributed by atoms with van der Waals surface area (Å²) in [6.07, 6.45) is 3.64. The minimum absolute atomic E-state index is 0.0532. The lowest BCUT2D eigenvalue weighted by atomic mass is 9.90. The average molecular weight is 291 g/mol. The molecule has 1 saturated carbocycles. The SMILES string of the molecule is CCN(C(=O)c1cccc([N+](=O)[O-])c1)C1CCC(N)CC1. The van der Waals surface area contributed by atoms with Crippen LogP contribution in [0.4, 0.5) is 5.69 Å². The van der Waals surface area contributed by atoms with Crippen molar-refractivity contribution in [1.82, 2.24) is 4.90 Å². The molecule has 2 N–H and O–H groups in total. The third-order valence-corrected chi connectivity index (χ3v) is 4.09. The molecule has 0 unspecified atom stereocenters. The summed E-state index contributed by atoms with van der Waals surface area (Å²) < 4.78 is 0. The highest BCUT2D eigenvalue weighted by Crippen LogP contribution is 2.24. The summed E-state index contributed by atoms with van der Waals surface area (Å²) in [5, 5.41) is 10.8. The van der Waals surface area contributed by atoms with E-state index in [0.717, 1.165) is 25.7 Å². The normalized spacial score (nSPS) is 21.8. The molecule has 1 amide bonds. The van der Waals surface area contributed by atoms with Crippen LogP contribution >= 0.6 is 0 Å². The Morgan fingerprint density at radius 1 is 1.38 bits per heavy atom. The lowest BCUT2D eigenvalue weighted by molar-refractivity contribution is -0.384. The molecule has 0 bridgehead atoms. The quantitative estimate of drug-likeness (QED) is 0.681. The zero-order valence-corrected chi connectivity index (χ0v) is 12.2. The van der Waals surface area contributed by atoms with E-state index in [1.165, 1.54) is 12.1 Å². The van der Waals surface area contributed by atoms with Crippen molar-refractivity contribution in [1.29, 1.82) is 0 Å². The Kier molecular flexibility index (Phi) is 4.90. The van der Waals surface area contributed by atoms with E-state index in [9.17, 15) is 14.9 Å². The van der Waals surface area contributed by atoms with Gasteiger partial charge in [0.15, 0.2) is 0 Å². The molecule has 1 fully saturated rings. The van der Waals surface area contributed by atoms with Gasteiger partial charge < -0.3 is 10.6 Å². The molecule has 2 rings (SSSR count). The molecule has 6 nitrogen and oxygen atoms in total. The molecule has 0 radical (unpaired) electrons. The van der Waals surface area contributed by atoms with Gasteiger partial charge in [0, 0.05) is 36.3 Å². The van der Waals surface area contributed by atoms with E-state index in [1.807, 2.05) is 11.8 Å². The number of rotatable bonds is 4. The highest BCUT2D eigenvalue weighted by molar-refractivity contribution is 5.95. The number of amides is 1. The van der Waals surface area contributed by atoms with E-state index >= 15 is 0 Å². The number of nitrogens with zero attached hydrogens (tertiary/aromatic N) is 2. The number of carbonyl (C=O) groups is 1. The van der Waals surface area contributed by atoms with Gasteiger partial charge in [-0.1, -0.05) is 6.07 Å². The van der Waals surface area contributed by atoms with Crippen molar-refractivity contribution in [3.05, 3.63) is 39.9 Å². The van der Waals surface area contributed by atoms with Crippen LogP contribution < -0.4 is 5.73 Å². The number of nitro benzene ring substituents is 1. The zero-order chi connectivity index (χ0) is 15.4. The van der Waals surface area contributed by atoms with Crippen molar-refractivity contribution < 1.29 is 9.72 Å². The molecule has 0 spiro atoms. The number of hydrogen-bond acceptors (Lipinski definition) is 4. The fourth-order valence-electron chi connectivity index (χ4n) is 2.90. The van der Waals surface area contributed by atoms with Crippen molar-refractivity contribution in [3.8, 4) is 0 Å². The van der Waals surface area contributed by atoms with E-state index < -0.39 is 4.92 Å². The van der Waals surface area contributed by atoms with Gasteiger partial charge in [-0.15, -0.1) is 0 Å². The minimum Gasteiger partial charge on any atom is -0.336 e. The molecule has 114 valence electrons. The summed E-state index contributed by atoms with van der Waals surface area (Å²) in [5.74, 6) is -0.137. The van der Waals surface area contributed by atoms with Gasteiger partial charge in [-0.2, -0.15) is 0 Å². The second-order valence-electron chi connectivity index (χ2n) is 5.47. The predicted octanol–water partition coefficient (Wildman–Crippen LogP) is 2.33. The molecule has 0 atom stereocenters. The molecular weight excluding hydrogens is 270 g/mol. The second-order valence-corrected chi connectivity index (χ2v) is 5.47. The van der Waals surface area contributed by atoms with Gasteiger partial charge in [0.1, 0.15) is 0 Å². The number of hydrogen-bond donors (Lipinski definition) is 1. The largest absolute Gasteiger partial charge is 0.336 e.